The Bertz CT molecular complexity index is 1670. The molecule has 0 aliphatic carbocycles. The summed E-state index contributed by atoms with van der Waals surface area (Å²) in [6.07, 6.45) is 3.17. The Balaban J connectivity index is 1.78. The van der Waals surface area contributed by atoms with E-state index in [1.54, 1.807) is 0 Å². The summed E-state index contributed by atoms with van der Waals surface area (Å²) in [6, 6.07) is 20.2. The third-order valence-electron chi connectivity index (χ3n) is 7.58. The van der Waals surface area contributed by atoms with Crippen molar-refractivity contribution in [2.45, 2.75) is 53.9 Å². The zero-order valence-corrected chi connectivity index (χ0v) is 21.9. The molecule has 1 aromatic heterocycles. The third kappa shape index (κ3) is 3.34. The van der Waals surface area contributed by atoms with Crippen LogP contribution in [0.4, 0.5) is 0 Å². The zero-order valence-electron chi connectivity index (χ0n) is 21.9. The molecule has 6 rings (SSSR count). The molecule has 35 heavy (non-hydrogen) atoms. The van der Waals surface area contributed by atoms with Gasteiger partial charge in [-0.15, -0.1) is 0 Å². The minimum Gasteiger partial charge on any atom is -0.455 e. The van der Waals surface area contributed by atoms with Crippen LogP contribution in [0, 0.1) is 12.3 Å². The lowest BCUT2D eigenvalue weighted by molar-refractivity contribution is -0.659. The molecule has 2 nitrogen and oxygen atoms in total. The summed E-state index contributed by atoms with van der Waals surface area (Å²) in [5, 5.41) is 7.64. The Morgan fingerprint density at radius 1 is 0.886 bits per heavy atom. The Morgan fingerprint density at radius 3 is 2.34 bits per heavy atom. The molecule has 1 aliphatic rings. The molecular formula is C33H34NO+. The molecule has 0 amide bonds. The van der Waals surface area contributed by atoms with Crippen molar-refractivity contribution < 1.29 is 9.30 Å². The van der Waals surface area contributed by atoms with Crippen molar-refractivity contribution >= 4 is 32.3 Å². The molecule has 2 heteroatoms. The van der Waals surface area contributed by atoms with Crippen LogP contribution in [0.2, 0.25) is 0 Å². The SMILES string of the molecule is Cc1c2c(c(CC(C)(C)C)c3ccccc13)Oc1cc3ccc(C(C)C)cc3c3cc[n+](C)c-2c13. The van der Waals surface area contributed by atoms with Crippen molar-refractivity contribution in [3.05, 3.63) is 77.5 Å². The second-order valence-corrected chi connectivity index (χ2v) is 11.8. The van der Waals surface area contributed by atoms with Crippen LogP contribution in [0.15, 0.2) is 60.8 Å². The van der Waals surface area contributed by atoms with E-state index in [0.717, 1.165) is 17.9 Å². The minimum atomic E-state index is 0.139. The number of hydrogen-bond acceptors (Lipinski definition) is 1. The number of rotatable bonds is 2. The van der Waals surface area contributed by atoms with Gasteiger partial charge >= 0.3 is 0 Å². The Labute approximate surface area is 208 Å². The summed E-state index contributed by atoms with van der Waals surface area (Å²) in [5.74, 6) is 2.49. The van der Waals surface area contributed by atoms with Crippen LogP contribution in [0.25, 0.3) is 43.6 Å². The van der Waals surface area contributed by atoms with Crippen molar-refractivity contribution in [2.24, 2.45) is 12.5 Å². The molecule has 0 unspecified atom stereocenters. The maximum absolute atomic E-state index is 6.94. The predicted molar refractivity (Wildman–Crippen MR) is 148 cm³/mol. The molecule has 0 atom stereocenters. The van der Waals surface area contributed by atoms with E-state index in [1.165, 1.54) is 60.3 Å². The van der Waals surface area contributed by atoms with Crippen LogP contribution in [0.3, 0.4) is 0 Å². The van der Waals surface area contributed by atoms with Crippen molar-refractivity contribution in [2.75, 3.05) is 0 Å². The van der Waals surface area contributed by atoms with E-state index >= 15 is 0 Å². The molecule has 4 aromatic carbocycles. The van der Waals surface area contributed by atoms with Gasteiger partial charge in [0.2, 0.25) is 5.69 Å². The van der Waals surface area contributed by atoms with Crippen molar-refractivity contribution in [1.29, 1.82) is 0 Å². The normalized spacial score (nSPS) is 13.0. The number of aromatic nitrogens is 1. The first kappa shape index (κ1) is 22.1. The summed E-state index contributed by atoms with van der Waals surface area (Å²) in [5.41, 5.74) is 6.61. The molecule has 2 heterocycles. The second kappa shape index (κ2) is 7.55. The van der Waals surface area contributed by atoms with Gasteiger partial charge in [-0.05, 0) is 63.4 Å². The van der Waals surface area contributed by atoms with Gasteiger partial charge in [0.1, 0.15) is 18.5 Å². The van der Waals surface area contributed by atoms with Crippen LogP contribution in [-0.4, -0.2) is 0 Å². The van der Waals surface area contributed by atoms with Crippen LogP contribution in [0.5, 0.6) is 11.5 Å². The highest BCUT2D eigenvalue weighted by Crippen LogP contribution is 2.52. The number of nitrogens with zero attached hydrogens (tertiary/aromatic N) is 1. The summed E-state index contributed by atoms with van der Waals surface area (Å²) < 4.78 is 9.23. The number of ether oxygens (including phenoxy) is 1. The molecule has 0 radical (unpaired) electrons. The van der Waals surface area contributed by atoms with Crippen LogP contribution >= 0.6 is 0 Å². The van der Waals surface area contributed by atoms with E-state index in [4.69, 9.17) is 4.74 Å². The van der Waals surface area contributed by atoms with E-state index < -0.39 is 0 Å². The quantitative estimate of drug-likeness (QED) is 0.186. The Kier molecular flexibility index (Phi) is 4.77. The molecule has 5 aromatic rings. The number of pyridine rings is 1. The average molecular weight is 461 g/mol. The predicted octanol–water partition coefficient (Wildman–Crippen LogP) is 8.76. The van der Waals surface area contributed by atoms with Gasteiger partial charge in [0.15, 0.2) is 6.20 Å². The van der Waals surface area contributed by atoms with Gasteiger partial charge in [0.25, 0.3) is 0 Å². The van der Waals surface area contributed by atoms with Crippen LogP contribution < -0.4 is 9.30 Å². The van der Waals surface area contributed by atoms with Gasteiger partial charge in [-0.25, -0.2) is 4.57 Å². The summed E-state index contributed by atoms with van der Waals surface area (Å²) in [7, 11) is 2.17. The minimum absolute atomic E-state index is 0.139. The van der Waals surface area contributed by atoms with Crippen LogP contribution in [-0.2, 0) is 13.5 Å². The molecule has 176 valence electrons. The fraction of sp³-hybridized carbons (Fsp3) is 0.303. The van der Waals surface area contributed by atoms with Gasteiger partial charge < -0.3 is 4.74 Å². The molecular weight excluding hydrogens is 426 g/mol. The fourth-order valence-corrected chi connectivity index (χ4v) is 5.87. The zero-order chi connectivity index (χ0) is 24.6. The van der Waals surface area contributed by atoms with E-state index in [1.807, 2.05) is 0 Å². The van der Waals surface area contributed by atoms with Gasteiger partial charge in [0, 0.05) is 17.0 Å². The van der Waals surface area contributed by atoms with Crippen molar-refractivity contribution in [1.82, 2.24) is 0 Å². The molecule has 0 bridgehead atoms. The summed E-state index contributed by atoms with van der Waals surface area (Å²) in [4.78, 5) is 0. The average Bonchev–Trinajstić information content (AvgIpc) is 2.82. The first-order valence-electron chi connectivity index (χ1n) is 12.8. The third-order valence-corrected chi connectivity index (χ3v) is 7.58. The maximum atomic E-state index is 6.94. The van der Waals surface area contributed by atoms with E-state index in [9.17, 15) is 0 Å². The molecule has 0 N–H and O–H groups in total. The lowest BCUT2D eigenvalue weighted by atomic mass is 9.81. The molecule has 0 spiro atoms. The lowest BCUT2D eigenvalue weighted by Gasteiger charge is -2.28. The summed E-state index contributed by atoms with van der Waals surface area (Å²) in [6.45, 7) is 13.7. The van der Waals surface area contributed by atoms with Gasteiger partial charge in [-0.3, -0.25) is 0 Å². The highest BCUT2D eigenvalue weighted by Gasteiger charge is 2.34. The van der Waals surface area contributed by atoms with Gasteiger partial charge in [-0.1, -0.05) is 77.1 Å². The van der Waals surface area contributed by atoms with E-state index in [2.05, 4.69) is 114 Å². The Hall–Kier alpha value is -3.39. The first-order valence-corrected chi connectivity index (χ1v) is 12.8. The van der Waals surface area contributed by atoms with Crippen molar-refractivity contribution in [3.8, 4) is 22.8 Å². The van der Waals surface area contributed by atoms with Gasteiger partial charge in [0.05, 0.1) is 10.9 Å². The van der Waals surface area contributed by atoms with E-state index in [0.29, 0.717) is 5.92 Å². The topological polar surface area (TPSA) is 13.1 Å². The van der Waals surface area contributed by atoms with Crippen molar-refractivity contribution in [3.63, 3.8) is 0 Å². The highest BCUT2D eigenvalue weighted by atomic mass is 16.5. The lowest BCUT2D eigenvalue weighted by Crippen LogP contribution is -2.32. The Morgan fingerprint density at radius 2 is 1.63 bits per heavy atom. The number of aryl methyl sites for hydroxylation is 2. The molecule has 0 fully saturated rings. The fourth-order valence-electron chi connectivity index (χ4n) is 5.87. The number of hydrogen-bond donors (Lipinski definition) is 0. The monoisotopic (exact) mass is 460 g/mol. The maximum Gasteiger partial charge on any atom is 0.228 e. The molecule has 0 saturated carbocycles. The van der Waals surface area contributed by atoms with Crippen LogP contribution in [0.1, 0.15) is 57.2 Å². The highest BCUT2D eigenvalue weighted by molar-refractivity contribution is 6.16. The molecule has 0 saturated heterocycles. The first-order chi connectivity index (χ1) is 16.6. The number of benzene rings is 4. The smallest absolute Gasteiger partial charge is 0.228 e. The van der Waals surface area contributed by atoms with E-state index in [-0.39, 0.29) is 5.41 Å². The van der Waals surface area contributed by atoms with Gasteiger partial charge in [-0.2, -0.15) is 0 Å². The summed E-state index contributed by atoms with van der Waals surface area (Å²) >= 11 is 0. The molecule has 1 aliphatic heterocycles. The second-order valence-electron chi connectivity index (χ2n) is 11.8. The standard InChI is InChI=1S/C33H34NO/c1-19(2)21-12-13-22-17-28-30-25(26(22)16-21)14-15-34(7)31(30)29-20(3)23-10-8-9-11-24(23)27(32(29)35-28)18-33(4,5)6/h8-17,19H,18H2,1-7H3/q+1. The number of fused-ring (bicyclic) bond motifs is 5. The largest absolute Gasteiger partial charge is 0.455 e.